The molecule has 0 radical (unpaired) electrons. The van der Waals surface area contributed by atoms with Crippen LogP contribution < -0.4 is 9.47 Å². The van der Waals surface area contributed by atoms with Gasteiger partial charge in [-0.05, 0) is 59.6 Å². The van der Waals surface area contributed by atoms with E-state index in [-0.39, 0.29) is 54.7 Å². The third-order valence-electron chi connectivity index (χ3n) is 4.04. The van der Waals surface area contributed by atoms with E-state index in [1.165, 1.54) is 0 Å². The molecule has 0 aliphatic carbocycles. The number of ether oxygens (including phenoxy) is 4. The molecule has 176 valence electrons. The van der Waals surface area contributed by atoms with Gasteiger partial charge in [0.1, 0.15) is 17.0 Å². The Hall–Kier alpha value is -3.17. The maximum atomic E-state index is 14.7. The van der Waals surface area contributed by atoms with Crippen LogP contribution in [0.2, 0.25) is 0 Å². The second-order valence-corrected chi connectivity index (χ2v) is 9.21. The first-order valence-corrected chi connectivity index (χ1v) is 10.1. The first-order valence-electron chi connectivity index (χ1n) is 10.1. The Morgan fingerprint density at radius 2 is 1.31 bits per heavy atom. The average molecular weight is 453 g/mol. The van der Waals surface area contributed by atoms with E-state index in [2.05, 4.69) is 0 Å². The molecule has 1 aromatic carbocycles. The molecule has 2 rings (SSSR count). The largest absolute Gasteiger partial charge is 0.514 e. The summed E-state index contributed by atoms with van der Waals surface area (Å²) < 4.78 is 35.1. The highest BCUT2D eigenvalue weighted by molar-refractivity contribution is 6.01. The number of benzene rings is 1. The van der Waals surface area contributed by atoms with Crippen molar-refractivity contribution in [3.8, 4) is 11.5 Å². The minimum absolute atomic E-state index is 0.0271. The van der Waals surface area contributed by atoms with Crippen molar-refractivity contribution in [3.05, 3.63) is 23.5 Å². The van der Waals surface area contributed by atoms with Gasteiger partial charge in [0, 0.05) is 25.5 Å². The van der Waals surface area contributed by atoms with Crippen LogP contribution in [-0.4, -0.2) is 46.8 Å². The Balaban J connectivity index is 2.28. The van der Waals surface area contributed by atoms with E-state index >= 15 is 0 Å². The minimum Gasteiger partial charge on any atom is -0.428 e. The summed E-state index contributed by atoms with van der Waals surface area (Å²) in [5, 5.41) is 0. The van der Waals surface area contributed by atoms with Crippen LogP contribution in [0.3, 0.4) is 0 Å². The molecule has 0 atom stereocenters. The zero-order chi connectivity index (χ0) is 24.3. The smallest absolute Gasteiger partial charge is 0.428 e. The summed E-state index contributed by atoms with van der Waals surface area (Å²) in [6.07, 6.45) is -1.99. The van der Waals surface area contributed by atoms with Gasteiger partial charge in [-0.3, -0.25) is 14.5 Å². The van der Waals surface area contributed by atoms with Crippen LogP contribution in [-0.2, 0) is 25.5 Å². The molecule has 0 N–H and O–H groups in total. The molecule has 10 heteroatoms. The number of halogens is 1. The minimum atomic E-state index is -1.12. The summed E-state index contributed by atoms with van der Waals surface area (Å²) in [5.74, 6) is -2.10. The Morgan fingerprint density at radius 1 is 0.875 bits per heavy atom. The van der Waals surface area contributed by atoms with E-state index in [1.54, 1.807) is 41.5 Å². The van der Waals surface area contributed by atoms with Crippen LogP contribution in [0, 0.1) is 5.82 Å². The monoisotopic (exact) mass is 453 g/mol. The van der Waals surface area contributed by atoms with Crippen molar-refractivity contribution < 1.29 is 42.5 Å². The quantitative estimate of drug-likeness (QED) is 0.372. The molecule has 2 amide bonds. The molecule has 1 fully saturated rings. The number of rotatable bonds is 5. The first kappa shape index (κ1) is 25.1. The van der Waals surface area contributed by atoms with Gasteiger partial charge in [0.15, 0.2) is 11.5 Å². The fraction of sp³-hybridized carbons (Fsp3) is 0.545. The van der Waals surface area contributed by atoms with Gasteiger partial charge in [0.2, 0.25) is 11.8 Å². The number of nitrogens with zero attached hydrogens (tertiary/aromatic N) is 1. The average Bonchev–Trinajstić information content (AvgIpc) is 2.91. The van der Waals surface area contributed by atoms with Crippen molar-refractivity contribution >= 4 is 24.1 Å². The van der Waals surface area contributed by atoms with E-state index in [0.717, 1.165) is 17.0 Å². The fourth-order valence-electron chi connectivity index (χ4n) is 2.75. The van der Waals surface area contributed by atoms with Gasteiger partial charge in [0.05, 0.1) is 0 Å². The van der Waals surface area contributed by atoms with Gasteiger partial charge in [-0.1, -0.05) is 0 Å². The third-order valence-corrected chi connectivity index (χ3v) is 4.04. The highest BCUT2D eigenvalue weighted by Crippen LogP contribution is 2.32. The van der Waals surface area contributed by atoms with Gasteiger partial charge in [-0.15, -0.1) is 0 Å². The summed E-state index contributed by atoms with van der Waals surface area (Å²) in [4.78, 5) is 48.8. The zero-order valence-corrected chi connectivity index (χ0v) is 19.1. The van der Waals surface area contributed by atoms with Crippen molar-refractivity contribution in [3.63, 3.8) is 0 Å². The lowest BCUT2D eigenvalue weighted by Crippen LogP contribution is -2.31. The van der Waals surface area contributed by atoms with Crippen molar-refractivity contribution in [2.45, 2.75) is 72.0 Å². The summed E-state index contributed by atoms with van der Waals surface area (Å²) in [7, 11) is 0. The Labute approximate surface area is 185 Å². The van der Waals surface area contributed by atoms with Gasteiger partial charge in [-0.2, -0.15) is 0 Å². The molecule has 1 saturated heterocycles. The number of carbonyl (C=O) groups is 4. The summed E-state index contributed by atoms with van der Waals surface area (Å²) in [6, 6.07) is 2.02. The predicted molar refractivity (Wildman–Crippen MR) is 110 cm³/mol. The van der Waals surface area contributed by atoms with E-state index in [4.69, 9.17) is 18.9 Å². The molecule has 9 nitrogen and oxygen atoms in total. The van der Waals surface area contributed by atoms with Crippen LogP contribution in [0.5, 0.6) is 11.5 Å². The second-order valence-electron chi connectivity index (χ2n) is 9.21. The fourth-order valence-corrected chi connectivity index (χ4v) is 2.75. The molecule has 0 aromatic heterocycles. The van der Waals surface area contributed by atoms with Crippen LogP contribution in [0.4, 0.5) is 14.0 Å². The maximum Gasteiger partial charge on any atom is 0.514 e. The van der Waals surface area contributed by atoms with E-state index in [9.17, 15) is 23.6 Å². The normalized spacial score (nSPS) is 14.4. The molecule has 1 aliphatic rings. The lowest BCUT2D eigenvalue weighted by molar-refractivity contribution is -0.138. The number of hydrogen-bond donors (Lipinski definition) is 0. The second kappa shape index (κ2) is 9.54. The van der Waals surface area contributed by atoms with Crippen molar-refractivity contribution in [2.75, 3.05) is 6.54 Å². The topological polar surface area (TPSA) is 108 Å². The van der Waals surface area contributed by atoms with Crippen LogP contribution in [0.1, 0.15) is 59.9 Å². The molecule has 0 spiro atoms. The molecular weight excluding hydrogens is 425 g/mol. The predicted octanol–water partition coefficient (Wildman–Crippen LogP) is 4.15. The van der Waals surface area contributed by atoms with Gasteiger partial charge in [-0.25, -0.2) is 14.0 Å². The summed E-state index contributed by atoms with van der Waals surface area (Å²) >= 11 is 0. The van der Waals surface area contributed by atoms with E-state index < -0.39 is 29.3 Å². The molecule has 1 aromatic rings. The summed E-state index contributed by atoms with van der Waals surface area (Å²) in [5.41, 5.74) is -1.67. The van der Waals surface area contributed by atoms with Crippen LogP contribution >= 0.6 is 0 Å². The third kappa shape index (κ3) is 7.51. The molecule has 0 saturated carbocycles. The van der Waals surface area contributed by atoms with Crippen molar-refractivity contribution in [1.29, 1.82) is 0 Å². The Morgan fingerprint density at radius 3 is 1.75 bits per heavy atom. The lowest BCUT2D eigenvalue weighted by atomic mass is 10.1. The number of carbonyl (C=O) groups excluding carboxylic acids is 4. The number of amides is 2. The van der Waals surface area contributed by atoms with E-state index in [1.807, 2.05) is 0 Å². The van der Waals surface area contributed by atoms with Gasteiger partial charge < -0.3 is 18.9 Å². The van der Waals surface area contributed by atoms with E-state index in [0.29, 0.717) is 0 Å². The highest BCUT2D eigenvalue weighted by Gasteiger charge is 2.29. The Kier molecular flexibility index (Phi) is 7.48. The molecule has 1 aliphatic heterocycles. The Bertz CT molecular complexity index is 898. The first-order chi connectivity index (χ1) is 14.6. The van der Waals surface area contributed by atoms with Gasteiger partial charge >= 0.3 is 12.3 Å². The lowest BCUT2D eigenvalue weighted by Gasteiger charge is -2.21. The molecule has 1 heterocycles. The van der Waals surface area contributed by atoms with Crippen molar-refractivity contribution in [2.24, 2.45) is 0 Å². The van der Waals surface area contributed by atoms with Crippen LogP contribution in [0.15, 0.2) is 12.1 Å². The number of likely N-dealkylation sites (tertiary alicyclic amines) is 1. The zero-order valence-electron chi connectivity index (χ0n) is 19.1. The summed E-state index contributed by atoms with van der Waals surface area (Å²) in [6.45, 7) is 9.73. The van der Waals surface area contributed by atoms with Crippen molar-refractivity contribution in [1.82, 2.24) is 4.90 Å². The standard InChI is InChI=1S/C22H28FNO8/c1-21(2,3)31-19(27)29-15-11-13(9-10-24-17(25)7-8-18(24)26)14(23)12-16(15)30-20(28)32-22(4,5)6/h11-12H,7-10H2,1-6H3. The highest BCUT2D eigenvalue weighted by atomic mass is 19.1. The van der Waals surface area contributed by atoms with Gasteiger partial charge in [0.25, 0.3) is 0 Å². The maximum absolute atomic E-state index is 14.7. The molecular formula is C22H28FNO8. The molecule has 0 bridgehead atoms. The SMILES string of the molecule is CC(C)(C)OC(=O)Oc1cc(F)c(CCN2C(=O)CCC2=O)cc1OC(=O)OC(C)(C)C. The number of imide groups is 1. The molecule has 0 unspecified atom stereocenters. The number of hydrogen-bond acceptors (Lipinski definition) is 8. The molecule has 32 heavy (non-hydrogen) atoms. The van der Waals surface area contributed by atoms with Crippen LogP contribution in [0.25, 0.3) is 0 Å².